The third-order valence-electron chi connectivity index (χ3n) is 3.31. The van der Waals surface area contributed by atoms with Gasteiger partial charge in [0.1, 0.15) is 5.02 Å². The molecule has 2 atom stereocenters. The summed E-state index contributed by atoms with van der Waals surface area (Å²) < 4.78 is 5.77. The SMILES string of the molecule is CC1CCCC(Oc2cccc(Cl)c2[N+](=O)[O-])C1. The molecule has 0 heterocycles. The molecule has 2 rings (SSSR count). The van der Waals surface area contributed by atoms with E-state index in [4.69, 9.17) is 16.3 Å². The lowest BCUT2D eigenvalue weighted by Crippen LogP contribution is -2.24. The van der Waals surface area contributed by atoms with Crippen LogP contribution in [0.3, 0.4) is 0 Å². The highest BCUT2D eigenvalue weighted by molar-refractivity contribution is 6.32. The minimum atomic E-state index is -0.482. The number of rotatable bonds is 3. The molecule has 1 aliphatic rings. The molecular formula is C13H16ClNO3. The average molecular weight is 270 g/mol. The summed E-state index contributed by atoms with van der Waals surface area (Å²) in [5.74, 6) is 0.897. The van der Waals surface area contributed by atoms with Crippen molar-refractivity contribution in [1.29, 1.82) is 0 Å². The van der Waals surface area contributed by atoms with E-state index in [9.17, 15) is 10.1 Å². The first-order valence-electron chi connectivity index (χ1n) is 6.17. The molecule has 4 nitrogen and oxygen atoms in total. The first kappa shape index (κ1) is 13.1. The van der Waals surface area contributed by atoms with E-state index < -0.39 is 4.92 Å². The molecular weight excluding hydrogens is 254 g/mol. The zero-order valence-electron chi connectivity index (χ0n) is 10.3. The van der Waals surface area contributed by atoms with Crippen molar-refractivity contribution in [2.24, 2.45) is 5.92 Å². The third-order valence-corrected chi connectivity index (χ3v) is 3.62. The predicted molar refractivity (Wildman–Crippen MR) is 70.2 cm³/mol. The van der Waals surface area contributed by atoms with Crippen molar-refractivity contribution in [1.82, 2.24) is 0 Å². The minimum absolute atomic E-state index is 0.0610. The summed E-state index contributed by atoms with van der Waals surface area (Å²) in [6.07, 6.45) is 4.28. The minimum Gasteiger partial charge on any atom is -0.483 e. The van der Waals surface area contributed by atoms with Crippen molar-refractivity contribution in [2.75, 3.05) is 0 Å². The van der Waals surface area contributed by atoms with Gasteiger partial charge in [0.15, 0.2) is 5.75 Å². The van der Waals surface area contributed by atoms with E-state index in [-0.39, 0.29) is 22.6 Å². The standard InChI is InChI=1S/C13H16ClNO3/c1-9-4-2-5-10(8-9)18-12-7-3-6-11(14)13(12)15(16)17/h3,6-7,9-10H,2,4-5,8H2,1H3. The second-order valence-corrected chi connectivity index (χ2v) is 5.26. The molecule has 0 radical (unpaired) electrons. The van der Waals surface area contributed by atoms with Gasteiger partial charge in [-0.1, -0.05) is 31.0 Å². The average Bonchev–Trinajstić information content (AvgIpc) is 2.28. The number of halogens is 1. The summed E-state index contributed by atoms with van der Waals surface area (Å²) in [6.45, 7) is 2.18. The van der Waals surface area contributed by atoms with Crippen LogP contribution >= 0.6 is 11.6 Å². The summed E-state index contributed by atoms with van der Waals surface area (Å²) in [7, 11) is 0. The number of benzene rings is 1. The molecule has 1 aromatic rings. The van der Waals surface area contributed by atoms with E-state index in [0.717, 1.165) is 19.3 Å². The molecule has 0 bridgehead atoms. The maximum Gasteiger partial charge on any atom is 0.329 e. The van der Waals surface area contributed by atoms with Crippen molar-refractivity contribution in [2.45, 2.75) is 38.7 Å². The maximum atomic E-state index is 11.0. The van der Waals surface area contributed by atoms with Crippen LogP contribution < -0.4 is 4.74 Å². The second kappa shape index (κ2) is 5.57. The van der Waals surface area contributed by atoms with Gasteiger partial charge in [-0.2, -0.15) is 0 Å². The molecule has 0 N–H and O–H groups in total. The van der Waals surface area contributed by atoms with Gasteiger partial charge in [-0.05, 0) is 37.3 Å². The Hall–Kier alpha value is -1.29. The second-order valence-electron chi connectivity index (χ2n) is 4.86. The van der Waals surface area contributed by atoms with E-state index in [1.54, 1.807) is 12.1 Å². The fraction of sp³-hybridized carbons (Fsp3) is 0.538. The van der Waals surface area contributed by atoms with Gasteiger partial charge in [0.05, 0.1) is 11.0 Å². The molecule has 5 heteroatoms. The molecule has 1 aliphatic carbocycles. The third kappa shape index (κ3) is 2.93. The number of ether oxygens (including phenoxy) is 1. The largest absolute Gasteiger partial charge is 0.483 e. The van der Waals surface area contributed by atoms with Crippen LogP contribution in [0.1, 0.15) is 32.6 Å². The van der Waals surface area contributed by atoms with Gasteiger partial charge in [-0.25, -0.2) is 0 Å². The van der Waals surface area contributed by atoms with E-state index in [2.05, 4.69) is 6.92 Å². The predicted octanol–water partition coefficient (Wildman–Crippen LogP) is 4.21. The highest BCUT2D eigenvalue weighted by Gasteiger charge is 2.25. The molecule has 0 aliphatic heterocycles. The number of hydrogen-bond donors (Lipinski definition) is 0. The molecule has 1 fully saturated rings. The van der Waals surface area contributed by atoms with Crippen LogP contribution in [0.2, 0.25) is 5.02 Å². The zero-order valence-corrected chi connectivity index (χ0v) is 11.0. The molecule has 0 amide bonds. The Morgan fingerprint density at radius 1 is 1.44 bits per heavy atom. The Bertz CT molecular complexity index is 450. The number of hydrogen-bond acceptors (Lipinski definition) is 3. The topological polar surface area (TPSA) is 52.4 Å². The first-order chi connectivity index (χ1) is 8.58. The molecule has 2 unspecified atom stereocenters. The van der Waals surface area contributed by atoms with Gasteiger partial charge >= 0.3 is 5.69 Å². The molecule has 1 aromatic carbocycles. The summed E-state index contributed by atoms with van der Waals surface area (Å²) in [4.78, 5) is 10.5. The van der Waals surface area contributed by atoms with Gasteiger partial charge in [-0.3, -0.25) is 10.1 Å². The molecule has 0 spiro atoms. The van der Waals surface area contributed by atoms with Crippen molar-refractivity contribution in [3.8, 4) is 5.75 Å². The Balaban J connectivity index is 2.18. The van der Waals surface area contributed by atoms with Crippen LogP contribution in [-0.2, 0) is 0 Å². The van der Waals surface area contributed by atoms with Gasteiger partial charge in [-0.15, -0.1) is 0 Å². The molecule has 0 saturated heterocycles. The normalized spacial score (nSPS) is 23.7. The van der Waals surface area contributed by atoms with E-state index in [1.807, 2.05) is 0 Å². The summed E-state index contributed by atoms with van der Waals surface area (Å²) in [5.41, 5.74) is -0.127. The number of nitro benzene ring substituents is 1. The lowest BCUT2D eigenvalue weighted by atomic mass is 9.89. The van der Waals surface area contributed by atoms with Gasteiger partial charge in [0.25, 0.3) is 0 Å². The van der Waals surface area contributed by atoms with Crippen LogP contribution in [0.25, 0.3) is 0 Å². The van der Waals surface area contributed by atoms with E-state index >= 15 is 0 Å². The van der Waals surface area contributed by atoms with Crippen LogP contribution in [0.15, 0.2) is 18.2 Å². The smallest absolute Gasteiger partial charge is 0.329 e. The van der Waals surface area contributed by atoms with Crippen molar-refractivity contribution in [3.63, 3.8) is 0 Å². The van der Waals surface area contributed by atoms with E-state index in [1.165, 1.54) is 12.5 Å². The Morgan fingerprint density at radius 3 is 2.89 bits per heavy atom. The number of nitrogens with zero attached hydrogens (tertiary/aromatic N) is 1. The first-order valence-corrected chi connectivity index (χ1v) is 6.55. The number of nitro groups is 1. The van der Waals surface area contributed by atoms with Crippen molar-refractivity contribution < 1.29 is 9.66 Å². The van der Waals surface area contributed by atoms with Gasteiger partial charge < -0.3 is 4.74 Å². The summed E-state index contributed by atoms with van der Waals surface area (Å²) in [6, 6.07) is 4.80. The quantitative estimate of drug-likeness (QED) is 0.610. The Labute approximate surface area is 111 Å². The van der Waals surface area contributed by atoms with Gasteiger partial charge in [0.2, 0.25) is 0 Å². The van der Waals surface area contributed by atoms with Crippen LogP contribution in [0.5, 0.6) is 5.75 Å². The Morgan fingerprint density at radius 2 is 2.22 bits per heavy atom. The lowest BCUT2D eigenvalue weighted by Gasteiger charge is -2.27. The molecule has 0 aromatic heterocycles. The van der Waals surface area contributed by atoms with Crippen LogP contribution in [-0.4, -0.2) is 11.0 Å². The molecule has 1 saturated carbocycles. The van der Waals surface area contributed by atoms with Crippen LogP contribution in [0.4, 0.5) is 5.69 Å². The Kier molecular flexibility index (Phi) is 4.07. The zero-order chi connectivity index (χ0) is 13.1. The summed E-state index contributed by atoms with van der Waals surface area (Å²) >= 11 is 5.85. The highest BCUT2D eigenvalue weighted by atomic mass is 35.5. The lowest BCUT2D eigenvalue weighted by molar-refractivity contribution is -0.385. The van der Waals surface area contributed by atoms with Crippen molar-refractivity contribution in [3.05, 3.63) is 33.3 Å². The van der Waals surface area contributed by atoms with Crippen molar-refractivity contribution >= 4 is 17.3 Å². The summed E-state index contributed by atoms with van der Waals surface area (Å²) in [5, 5.41) is 11.1. The fourth-order valence-electron chi connectivity index (χ4n) is 2.43. The molecule has 98 valence electrons. The van der Waals surface area contributed by atoms with Gasteiger partial charge in [0, 0.05) is 0 Å². The number of para-hydroxylation sites is 1. The maximum absolute atomic E-state index is 11.0. The highest BCUT2D eigenvalue weighted by Crippen LogP contribution is 2.36. The molecule has 18 heavy (non-hydrogen) atoms. The monoisotopic (exact) mass is 269 g/mol. The van der Waals surface area contributed by atoms with Crippen LogP contribution in [0, 0.1) is 16.0 Å². The van der Waals surface area contributed by atoms with E-state index in [0.29, 0.717) is 5.92 Å². The fourth-order valence-corrected chi connectivity index (χ4v) is 2.67.